The Labute approximate surface area is 188 Å². The molecule has 0 radical (unpaired) electrons. The molecule has 0 unspecified atom stereocenters. The fourth-order valence-electron chi connectivity index (χ4n) is 4.15. The highest BCUT2D eigenvalue weighted by Gasteiger charge is 2.40. The van der Waals surface area contributed by atoms with Crippen molar-refractivity contribution in [1.29, 1.82) is 0 Å². The molecule has 2 aromatic rings. The Morgan fingerprint density at radius 1 is 1.00 bits per heavy atom. The van der Waals surface area contributed by atoms with Crippen LogP contribution in [-0.2, 0) is 27.3 Å². The molecule has 0 N–H and O–H groups in total. The average molecular weight is 440 g/mol. The summed E-state index contributed by atoms with van der Waals surface area (Å²) in [6.45, 7) is 2.86. The maximum absolute atomic E-state index is 13.8. The first-order chi connectivity index (χ1) is 15.2. The van der Waals surface area contributed by atoms with E-state index < -0.39 is 0 Å². The minimum atomic E-state index is -0.378. The number of likely N-dealkylation sites (tertiary alicyclic amines) is 1. The van der Waals surface area contributed by atoms with Crippen molar-refractivity contribution in [2.45, 2.75) is 25.8 Å². The number of amides is 3. The van der Waals surface area contributed by atoms with Gasteiger partial charge >= 0.3 is 0 Å². The van der Waals surface area contributed by atoms with Gasteiger partial charge < -0.3 is 14.7 Å². The van der Waals surface area contributed by atoms with Gasteiger partial charge in [-0.15, -0.1) is 0 Å². The number of hydrogen-bond donors (Lipinski definition) is 0. The van der Waals surface area contributed by atoms with Crippen molar-refractivity contribution in [3.63, 3.8) is 0 Å². The number of carbonyl (C=O) groups excluding carboxylic acids is 3. The third-order valence-corrected chi connectivity index (χ3v) is 6.08. The van der Waals surface area contributed by atoms with E-state index >= 15 is 0 Å². The molecule has 32 heavy (non-hydrogen) atoms. The van der Waals surface area contributed by atoms with Crippen LogP contribution in [0.2, 0.25) is 0 Å². The number of nitrogens with zero attached hydrogens (tertiary/aromatic N) is 3. The van der Waals surface area contributed by atoms with Crippen molar-refractivity contribution in [2.75, 3.05) is 34.2 Å². The van der Waals surface area contributed by atoms with Crippen molar-refractivity contribution in [1.82, 2.24) is 14.7 Å². The fourth-order valence-corrected chi connectivity index (χ4v) is 4.15. The first-order valence-electron chi connectivity index (χ1n) is 10.7. The second-order valence-electron chi connectivity index (χ2n) is 8.63. The van der Waals surface area contributed by atoms with Crippen LogP contribution in [0.15, 0.2) is 48.5 Å². The van der Waals surface area contributed by atoms with Gasteiger partial charge in [-0.05, 0) is 22.8 Å². The van der Waals surface area contributed by atoms with Crippen LogP contribution in [0.1, 0.15) is 29.5 Å². The summed E-state index contributed by atoms with van der Waals surface area (Å²) in [5, 5.41) is 0. The first-order valence-corrected chi connectivity index (χ1v) is 10.7. The minimum absolute atomic E-state index is 0.0124. The van der Waals surface area contributed by atoms with Crippen molar-refractivity contribution in [3.8, 4) is 0 Å². The zero-order valence-corrected chi connectivity index (χ0v) is 19.0. The lowest BCUT2D eigenvalue weighted by atomic mass is 9.87. The molecule has 0 bridgehead atoms. The molecule has 7 heteroatoms. The van der Waals surface area contributed by atoms with E-state index in [2.05, 4.69) is 0 Å². The second-order valence-corrected chi connectivity index (χ2v) is 8.63. The molecule has 0 spiro atoms. The monoisotopic (exact) mass is 439 g/mol. The number of hydrogen-bond acceptors (Lipinski definition) is 3. The molecule has 6 nitrogen and oxygen atoms in total. The number of benzene rings is 2. The molecule has 1 saturated heterocycles. The summed E-state index contributed by atoms with van der Waals surface area (Å²) in [5.74, 6) is -0.898. The molecule has 1 fully saturated rings. The highest BCUT2D eigenvalue weighted by Crippen LogP contribution is 2.34. The minimum Gasteiger partial charge on any atom is -0.349 e. The smallest absolute Gasteiger partial charge is 0.227 e. The van der Waals surface area contributed by atoms with E-state index in [4.69, 9.17) is 0 Å². The van der Waals surface area contributed by atoms with Crippen molar-refractivity contribution in [2.24, 2.45) is 5.92 Å². The number of halogens is 1. The Morgan fingerprint density at radius 2 is 1.66 bits per heavy atom. The second kappa shape index (κ2) is 9.94. The standard InChI is InChI=1S/C25H30FN3O3/c1-17(30)29-15-21(22(16-29)25(32)27(2)3)19-11-9-18(10-12-19)14-28(4)24(31)13-20-7-5-6-8-23(20)26/h5-12,21-22H,13-16H2,1-4H3/t21-,22+/m1/s1. The number of rotatable bonds is 6. The van der Waals surface area contributed by atoms with Crippen LogP contribution in [0.4, 0.5) is 4.39 Å². The Balaban J connectivity index is 1.68. The lowest BCUT2D eigenvalue weighted by Gasteiger charge is -2.22. The maximum atomic E-state index is 13.8. The average Bonchev–Trinajstić information content (AvgIpc) is 3.21. The third kappa shape index (κ3) is 5.33. The Bertz CT molecular complexity index is 990. The molecular weight excluding hydrogens is 409 g/mol. The molecule has 0 saturated carbocycles. The maximum Gasteiger partial charge on any atom is 0.227 e. The molecule has 1 heterocycles. The fraction of sp³-hybridized carbons (Fsp3) is 0.400. The van der Waals surface area contributed by atoms with Crippen molar-refractivity contribution >= 4 is 17.7 Å². The summed E-state index contributed by atoms with van der Waals surface area (Å²) in [5.41, 5.74) is 2.32. The van der Waals surface area contributed by atoms with Gasteiger partial charge in [0.05, 0.1) is 12.3 Å². The predicted molar refractivity (Wildman–Crippen MR) is 120 cm³/mol. The lowest BCUT2D eigenvalue weighted by Crippen LogP contribution is -2.34. The van der Waals surface area contributed by atoms with Gasteiger partial charge in [0.1, 0.15) is 5.82 Å². The summed E-state index contributed by atoms with van der Waals surface area (Å²) in [6, 6.07) is 14.1. The summed E-state index contributed by atoms with van der Waals surface area (Å²) in [4.78, 5) is 41.9. The van der Waals surface area contributed by atoms with E-state index in [0.29, 0.717) is 25.2 Å². The lowest BCUT2D eigenvalue weighted by molar-refractivity contribution is -0.133. The summed E-state index contributed by atoms with van der Waals surface area (Å²) >= 11 is 0. The molecule has 1 aliphatic rings. The molecule has 0 aliphatic carbocycles. The first kappa shape index (κ1) is 23.4. The SMILES string of the molecule is CC(=O)N1C[C@H](C(=O)N(C)C)[C@@H](c2ccc(CN(C)C(=O)Cc3ccccc3F)cc2)C1. The van der Waals surface area contributed by atoms with E-state index in [1.165, 1.54) is 13.0 Å². The highest BCUT2D eigenvalue weighted by atomic mass is 19.1. The van der Waals surface area contributed by atoms with Crippen molar-refractivity contribution < 1.29 is 18.8 Å². The quantitative estimate of drug-likeness (QED) is 0.695. The molecule has 1 aliphatic heterocycles. The molecule has 170 valence electrons. The van der Waals surface area contributed by atoms with Crippen LogP contribution in [-0.4, -0.2) is 66.7 Å². The zero-order chi connectivity index (χ0) is 23.4. The van der Waals surface area contributed by atoms with Crippen LogP contribution in [0, 0.1) is 11.7 Å². The third-order valence-electron chi connectivity index (χ3n) is 6.08. The van der Waals surface area contributed by atoms with Gasteiger partial charge in [-0.2, -0.15) is 0 Å². The van der Waals surface area contributed by atoms with Crippen LogP contribution >= 0.6 is 0 Å². The van der Waals surface area contributed by atoms with E-state index in [1.807, 2.05) is 24.3 Å². The topological polar surface area (TPSA) is 60.9 Å². The van der Waals surface area contributed by atoms with Gasteiger partial charge in [-0.1, -0.05) is 42.5 Å². The Morgan fingerprint density at radius 3 is 2.25 bits per heavy atom. The molecule has 0 aromatic heterocycles. The number of likely N-dealkylation sites (N-methyl/N-ethyl adjacent to an activating group) is 1. The highest BCUT2D eigenvalue weighted by molar-refractivity contribution is 5.82. The van der Waals surface area contributed by atoms with Crippen LogP contribution in [0.25, 0.3) is 0 Å². The molecular formula is C25H30FN3O3. The van der Waals surface area contributed by atoms with Crippen LogP contribution < -0.4 is 0 Å². The van der Waals surface area contributed by atoms with Gasteiger partial charge in [-0.3, -0.25) is 14.4 Å². The van der Waals surface area contributed by atoms with E-state index in [1.54, 1.807) is 54.0 Å². The summed E-state index contributed by atoms with van der Waals surface area (Å²) < 4.78 is 13.8. The zero-order valence-electron chi connectivity index (χ0n) is 19.0. The molecule has 3 rings (SSSR count). The largest absolute Gasteiger partial charge is 0.349 e. The van der Waals surface area contributed by atoms with E-state index in [-0.39, 0.29) is 41.8 Å². The van der Waals surface area contributed by atoms with Crippen LogP contribution in [0.3, 0.4) is 0 Å². The molecule has 3 amide bonds. The van der Waals surface area contributed by atoms with Gasteiger partial charge in [0.2, 0.25) is 17.7 Å². The normalized spacial score (nSPS) is 17.8. The van der Waals surface area contributed by atoms with Gasteiger partial charge in [-0.25, -0.2) is 4.39 Å². The molecule has 2 aromatic carbocycles. The van der Waals surface area contributed by atoms with Gasteiger partial charge in [0, 0.05) is 53.6 Å². The number of carbonyl (C=O) groups is 3. The van der Waals surface area contributed by atoms with Crippen LogP contribution in [0.5, 0.6) is 0 Å². The van der Waals surface area contributed by atoms with Crippen molar-refractivity contribution in [3.05, 3.63) is 71.0 Å². The molecule has 2 atom stereocenters. The van der Waals surface area contributed by atoms with Gasteiger partial charge in [0.15, 0.2) is 0 Å². The van der Waals surface area contributed by atoms with E-state index in [9.17, 15) is 18.8 Å². The predicted octanol–water partition coefficient (Wildman–Crippen LogP) is 2.68. The summed E-state index contributed by atoms with van der Waals surface area (Å²) in [6.07, 6.45) is 0.0124. The van der Waals surface area contributed by atoms with E-state index in [0.717, 1.165) is 11.1 Å². The Hall–Kier alpha value is -3.22. The van der Waals surface area contributed by atoms with Gasteiger partial charge in [0.25, 0.3) is 0 Å². The Kier molecular flexibility index (Phi) is 7.28. The summed E-state index contributed by atoms with van der Waals surface area (Å²) in [7, 11) is 5.16.